The number of rotatable bonds is 10. The summed E-state index contributed by atoms with van der Waals surface area (Å²) >= 11 is 0. The fourth-order valence-corrected chi connectivity index (χ4v) is 3.58. The summed E-state index contributed by atoms with van der Waals surface area (Å²) in [6.07, 6.45) is 0.594. The zero-order valence-corrected chi connectivity index (χ0v) is 21.3. The average molecular weight is 492 g/mol. The first-order valence-electron chi connectivity index (χ1n) is 11.9. The van der Waals surface area contributed by atoms with Crippen LogP contribution in [0.2, 0.25) is 0 Å². The molecule has 2 atom stereocenters. The number of para-hydroxylation sites is 1. The predicted molar refractivity (Wildman–Crippen MR) is 129 cm³/mol. The fraction of sp³-hybridized carbons (Fsp3) is 0.600. The van der Waals surface area contributed by atoms with Crippen molar-refractivity contribution in [2.24, 2.45) is 0 Å². The van der Waals surface area contributed by atoms with Gasteiger partial charge in [-0.25, -0.2) is 4.79 Å². The molecule has 194 valence electrons. The van der Waals surface area contributed by atoms with Gasteiger partial charge in [0.25, 0.3) is 0 Å². The number of nitrogens with zero attached hydrogens (tertiary/aromatic N) is 1. The number of nitrogens with one attached hydrogen (secondary N) is 2. The van der Waals surface area contributed by atoms with Gasteiger partial charge in [-0.15, -0.1) is 0 Å². The molecule has 0 spiro atoms. The van der Waals surface area contributed by atoms with E-state index in [1.165, 1.54) is 11.8 Å². The van der Waals surface area contributed by atoms with Crippen molar-refractivity contribution in [1.82, 2.24) is 15.5 Å². The fourth-order valence-electron chi connectivity index (χ4n) is 3.58. The highest BCUT2D eigenvalue weighted by atomic mass is 16.6. The minimum atomic E-state index is -1.15. The van der Waals surface area contributed by atoms with Crippen molar-refractivity contribution in [3.05, 3.63) is 29.3 Å². The minimum Gasteiger partial charge on any atom is -0.507 e. The Balaban J connectivity index is 2.31. The van der Waals surface area contributed by atoms with Crippen molar-refractivity contribution in [3.63, 3.8) is 0 Å². The Morgan fingerprint density at radius 1 is 1.20 bits per heavy atom. The number of amides is 3. The quantitative estimate of drug-likeness (QED) is 0.428. The van der Waals surface area contributed by atoms with Crippen molar-refractivity contribution >= 4 is 23.9 Å². The van der Waals surface area contributed by atoms with Crippen LogP contribution in [-0.4, -0.2) is 64.7 Å². The molecular weight excluding hydrogens is 454 g/mol. The summed E-state index contributed by atoms with van der Waals surface area (Å²) < 4.78 is 10.1. The van der Waals surface area contributed by atoms with Gasteiger partial charge in [0, 0.05) is 18.2 Å². The lowest BCUT2D eigenvalue weighted by atomic mass is 9.99. The van der Waals surface area contributed by atoms with Crippen LogP contribution in [0.1, 0.15) is 71.0 Å². The number of esters is 1. The monoisotopic (exact) mass is 491 g/mol. The lowest BCUT2D eigenvalue weighted by molar-refractivity contribution is -0.144. The van der Waals surface area contributed by atoms with Gasteiger partial charge in [0.1, 0.15) is 23.4 Å². The van der Waals surface area contributed by atoms with E-state index >= 15 is 0 Å². The lowest BCUT2D eigenvalue weighted by Crippen LogP contribution is -2.52. The lowest BCUT2D eigenvalue weighted by Gasteiger charge is -2.34. The second-order valence-electron chi connectivity index (χ2n) is 9.61. The van der Waals surface area contributed by atoms with Gasteiger partial charge in [-0.3, -0.25) is 14.4 Å². The molecule has 1 saturated carbocycles. The number of hydrogen-bond donors (Lipinski definition) is 3. The highest BCUT2D eigenvalue weighted by Gasteiger charge is 2.44. The van der Waals surface area contributed by atoms with E-state index in [9.17, 15) is 24.3 Å². The van der Waals surface area contributed by atoms with E-state index < -0.39 is 41.6 Å². The van der Waals surface area contributed by atoms with Crippen molar-refractivity contribution in [1.29, 1.82) is 0 Å². The number of phenolic OH excluding ortho intramolecular Hbond substituents is 1. The first kappa shape index (κ1) is 27.9. The van der Waals surface area contributed by atoms with Crippen LogP contribution in [-0.2, 0) is 23.9 Å². The summed E-state index contributed by atoms with van der Waals surface area (Å²) in [4.78, 5) is 52.2. The molecule has 1 aromatic carbocycles. The maximum absolute atomic E-state index is 13.5. The maximum atomic E-state index is 13.5. The highest BCUT2D eigenvalue weighted by Crippen LogP contribution is 2.39. The van der Waals surface area contributed by atoms with Crippen molar-refractivity contribution in [3.8, 4) is 5.75 Å². The first-order chi connectivity index (χ1) is 16.4. The number of phenols is 1. The second kappa shape index (κ2) is 11.9. The van der Waals surface area contributed by atoms with E-state index in [0.717, 1.165) is 0 Å². The molecule has 0 aromatic heterocycles. The Labute approximate surface area is 206 Å². The van der Waals surface area contributed by atoms with E-state index in [2.05, 4.69) is 10.6 Å². The van der Waals surface area contributed by atoms with Crippen molar-refractivity contribution in [2.75, 3.05) is 13.2 Å². The molecule has 1 aromatic rings. The Hall–Kier alpha value is -3.30. The smallest absolute Gasteiger partial charge is 0.408 e. The molecule has 0 radical (unpaired) electrons. The van der Waals surface area contributed by atoms with Crippen LogP contribution < -0.4 is 10.6 Å². The molecule has 35 heavy (non-hydrogen) atoms. The summed E-state index contributed by atoms with van der Waals surface area (Å²) in [7, 11) is 0. The molecule has 1 aliphatic rings. The predicted octanol–water partition coefficient (Wildman–Crippen LogP) is 2.72. The molecule has 1 aliphatic carbocycles. The van der Waals surface area contributed by atoms with E-state index in [1.807, 2.05) is 0 Å². The first-order valence-corrected chi connectivity index (χ1v) is 11.9. The summed E-state index contributed by atoms with van der Waals surface area (Å²) in [6, 6.07) is 2.62. The largest absolute Gasteiger partial charge is 0.507 e. The molecule has 3 amide bonds. The van der Waals surface area contributed by atoms with Gasteiger partial charge in [0.05, 0.1) is 13.0 Å². The maximum Gasteiger partial charge on any atom is 0.408 e. The Morgan fingerprint density at radius 2 is 1.86 bits per heavy atom. The van der Waals surface area contributed by atoms with E-state index in [0.29, 0.717) is 18.4 Å². The molecule has 0 bridgehead atoms. The molecule has 2 rings (SSSR count). The molecular formula is C25H37N3O7. The Kier molecular flexibility index (Phi) is 9.50. The standard InChI is InChI=1S/C25H37N3O7/c1-7-34-19(29)13-14-26-22(31)20(18-10-8-9-15(2)21(18)30)28(17-11-12-17)23(32)16(3)27-24(33)35-25(4,5)6/h8-10,16-17,20,30H,7,11-14H2,1-6H3,(H,26,31)(H,27,33). The SMILES string of the molecule is CCOC(=O)CCNC(=O)C(c1cccc(C)c1O)N(C(=O)C(C)NC(=O)OC(C)(C)C)C1CC1. The Bertz CT molecular complexity index is 937. The Morgan fingerprint density at radius 3 is 2.43 bits per heavy atom. The summed E-state index contributed by atoms with van der Waals surface area (Å²) in [5.74, 6) is -1.57. The topological polar surface area (TPSA) is 134 Å². The van der Waals surface area contributed by atoms with Crippen LogP contribution in [0.15, 0.2) is 18.2 Å². The third-order valence-corrected chi connectivity index (χ3v) is 5.32. The number of ether oxygens (including phenoxy) is 2. The van der Waals surface area contributed by atoms with Crippen LogP contribution >= 0.6 is 0 Å². The van der Waals surface area contributed by atoms with Crippen LogP contribution in [0.4, 0.5) is 4.79 Å². The summed E-state index contributed by atoms with van der Waals surface area (Å²) in [5, 5.41) is 16.0. The van der Waals surface area contributed by atoms with Crippen LogP contribution in [0.25, 0.3) is 0 Å². The zero-order valence-electron chi connectivity index (χ0n) is 21.3. The number of alkyl carbamates (subject to hydrolysis) is 1. The van der Waals surface area contributed by atoms with Crippen LogP contribution in [0.5, 0.6) is 5.75 Å². The number of hydrogen-bond acceptors (Lipinski definition) is 7. The average Bonchev–Trinajstić information content (AvgIpc) is 3.57. The van der Waals surface area contributed by atoms with E-state index in [4.69, 9.17) is 9.47 Å². The highest BCUT2D eigenvalue weighted by molar-refractivity contribution is 5.93. The molecule has 10 nitrogen and oxygen atoms in total. The molecule has 1 fully saturated rings. The van der Waals surface area contributed by atoms with E-state index in [-0.39, 0.29) is 36.9 Å². The van der Waals surface area contributed by atoms with Gasteiger partial charge in [-0.05, 0) is 59.9 Å². The number of aryl methyl sites for hydroxylation is 1. The minimum absolute atomic E-state index is 0.0130. The molecule has 3 N–H and O–H groups in total. The number of benzene rings is 1. The number of aromatic hydroxyl groups is 1. The van der Waals surface area contributed by atoms with Gasteiger partial charge < -0.3 is 30.1 Å². The van der Waals surface area contributed by atoms with Crippen LogP contribution in [0, 0.1) is 6.92 Å². The van der Waals surface area contributed by atoms with Crippen molar-refractivity contribution in [2.45, 2.75) is 84.5 Å². The molecule has 0 heterocycles. The van der Waals surface area contributed by atoms with Crippen LogP contribution in [0.3, 0.4) is 0 Å². The van der Waals surface area contributed by atoms with Gasteiger partial charge >= 0.3 is 12.1 Å². The van der Waals surface area contributed by atoms with E-state index in [1.54, 1.807) is 52.8 Å². The molecule has 0 saturated heterocycles. The van der Waals surface area contributed by atoms with Gasteiger partial charge in [0.2, 0.25) is 11.8 Å². The molecule has 2 unspecified atom stereocenters. The third-order valence-electron chi connectivity index (χ3n) is 5.32. The number of carbonyl (C=O) groups excluding carboxylic acids is 4. The van der Waals surface area contributed by atoms with Gasteiger partial charge in [-0.2, -0.15) is 0 Å². The normalized spacial score (nSPS) is 14.9. The van der Waals surface area contributed by atoms with Gasteiger partial charge in [-0.1, -0.05) is 18.2 Å². The summed E-state index contributed by atoms with van der Waals surface area (Å²) in [6.45, 7) is 10.3. The van der Waals surface area contributed by atoms with Gasteiger partial charge in [0.15, 0.2) is 0 Å². The summed E-state index contributed by atoms with van der Waals surface area (Å²) in [5.41, 5.74) is 0.0795. The second-order valence-corrected chi connectivity index (χ2v) is 9.61. The molecule has 10 heteroatoms. The number of carbonyl (C=O) groups is 4. The zero-order chi connectivity index (χ0) is 26.3. The van der Waals surface area contributed by atoms with Crippen molar-refractivity contribution < 1.29 is 33.8 Å². The third kappa shape index (κ3) is 8.15. The molecule has 0 aliphatic heterocycles.